The highest BCUT2D eigenvalue weighted by atomic mass is 35.5. The first-order chi connectivity index (χ1) is 5.33. The lowest BCUT2D eigenvalue weighted by atomic mass is 10.2. The van der Waals surface area contributed by atoms with E-state index >= 15 is 0 Å². The minimum atomic E-state index is 0. The van der Waals surface area contributed by atoms with Crippen molar-refractivity contribution in [1.82, 2.24) is 4.90 Å². The molecule has 1 nitrogen and oxygen atoms in total. The average molecular weight is 188 g/mol. The Bertz CT molecular complexity index is 173. The molecule has 12 heavy (non-hydrogen) atoms. The van der Waals surface area contributed by atoms with Crippen LogP contribution in [0.2, 0.25) is 0 Å². The Hall–Kier alpha value is -0.430. The van der Waals surface area contributed by atoms with Gasteiger partial charge < -0.3 is 4.90 Å². The van der Waals surface area contributed by atoms with Crippen LogP contribution in [0.25, 0.3) is 0 Å². The highest BCUT2D eigenvalue weighted by Crippen LogP contribution is 2.06. The number of nitrogens with zero attached hydrogens (tertiary/aromatic N) is 1. The molecule has 0 aliphatic carbocycles. The Kier molecular flexibility index (Phi) is 5.91. The van der Waals surface area contributed by atoms with Crippen LogP contribution < -0.4 is 0 Å². The fourth-order valence-electron chi connectivity index (χ4n) is 1.27. The molecular formula is C10H18ClN. The second kappa shape index (κ2) is 6.13. The van der Waals surface area contributed by atoms with E-state index in [1.54, 1.807) is 0 Å². The Morgan fingerprint density at radius 1 is 1.50 bits per heavy atom. The molecule has 0 fully saturated rings. The van der Waals surface area contributed by atoms with Crippen molar-refractivity contribution in [2.24, 2.45) is 0 Å². The van der Waals surface area contributed by atoms with E-state index in [0.29, 0.717) is 0 Å². The van der Waals surface area contributed by atoms with Gasteiger partial charge in [0.05, 0.1) is 0 Å². The van der Waals surface area contributed by atoms with Gasteiger partial charge in [-0.1, -0.05) is 25.0 Å². The molecule has 0 spiro atoms. The molecule has 1 heterocycles. The summed E-state index contributed by atoms with van der Waals surface area (Å²) in [6, 6.07) is 0. The smallest absolute Gasteiger partial charge is 0.0383 e. The highest BCUT2D eigenvalue weighted by Gasteiger charge is 2.01. The summed E-state index contributed by atoms with van der Waals surface area (Å²) < 4.78 is 0. The largest absolute Gasteiger partial charge is 0.373 e. The van der Waals surface area contributed by atoms with Gasteiger partial charge in [-0.2, -0.15) is 0 Å². The molecule has 0 aromatic heterocycles. The molecule has 0 atom stereocenters. The molecule has 1 rings (SSSR count). The molecule has 0 saturated carbocycles. The lowest BCUT2D eigenvalue weighted by Gasteiger charge is -2.22. The molecule has 70 valence electrons. The molecule has 0 aromatic rings. The third kappa shape index (κ3) is 3.82. The first-order valence-electron chi connectivity index (χ1n) is 4.41. The van der Waals surface area contributed by atoms with E-state index in [4.69, 9.17) is 0 Å². The Morgan fingerprint density at radius 3 is 2.83 bits per heavy atom. The fraction of sp³-hybridized carbons (Fsp3) is 0.600. The number of hydrogen-bond donors (Lipinski definition) is 0. The van der Waals surface area contributed by atoms with Crippen molar-refractivity contribution in [3.05, 3.63) is 23.9 Å². The van der Waals surface area contributed by atoms with Gasteiger partial charge in [-0.05, 0) is 25.6 Å². The van der Waals surface area contributed by atoms with E-state index in [0.717, 1.165) is 6.54 Å². The topological polar surface area (TPSA) is 3.24 Å². The number of halogens is 1. The van der Waals surface area contributed by atoms with E-state index in [1.165, 1.54) is 25.0 Å². The minimum Gasteiger partial charge on any atom is -0.373 e. The average Bonchev–Trinajstić information content (AvgIpc) is 2.01. The monoisotopic (exact) mass is 187 g/mol. The van der Waals surface area contributed by atoms with Crippen molar-refractivity contribution in [1.29, 1.82) is 0 Å². The first kappa shape index (κ1) is 11.6. The van der Waals surface area contributed by atoms with Crippen molar-refractivity contribution in [2.75, 3.05) is 13.1 Å². The van der Waals surface area contributed by atoms with Crippen molar-refractivity contribution < 1.29 is 0 Å². The predicted molar refractivity (Wildman–Crippen MR) is 56.6 cm³/mol. The van der Waals surface area contributed by atoms with Crippen LogP contribution in [0.3, 0.4) is 0 Å². The van der Waals surface area contributed by atoms with Gasteiger partial charge in [-0.25, -0.2) is 0 Å². The van der Waals surface area contributed by atoms with Crippen LogP contribution in [0.4, 0.5) is 0 Å². The zero-order valence-corrected chi connectivity index (χ0v) is 8.73. The Balaban J connectivity index is 0.00000121. The summed E-state index contributed by atoms with van der Waals surface area (Å²) in [5.41, 5.74) is 1.46. The van der Waals surface area contributed by atoms with Crippen LogP contribution in [0.5, 0.6) is 0 Å². The maximum atomic E-state index is 2.37. The van der Waals surface area contributed by atoms with Gasteiger partial charge in [0.2, 0.25) is 0 Å². The molecule has 2 heteroatoms. The van der Waals surface area contributed by atoms with Gasteiger partial charge in [0.1, 0.15) is 0 Å². The van der Waals surface area contributed by atoms with Crippen LogP contribution in [0, 0.1) is 0 Å². The number of rotatable bonds is 3. The van der Waals surface area contributed by atoms with Gasteiger partial charge in [0.15, 0.2) is 0 Å². The van der Waals surface area contributed by atoms with Gasteiger partial charge in [0, 0.05) is 13.1 Å². The van der Waals surface area contributed by atoms with Crippen LogP contribution in [0.1, 0.15) is 26.7 Å². The Labute approximate surface area is 81.6 Å². The highest BCUT2D eigenvalue weighted by molar-refractivity contribution is 5.85. The molecule has 0 bridgehead atoms. The normalized spacial score (nSPS) is 15.5. The maximum Gasteiger partial charge on any atom is 0.0383 e. The number of unbranched alkanes of at least 4 members (excludes halogenated alkanes) is 1. The molecule has 0 unspecified atom stereocenters. The van der Waals surface area contributed by atoms with Crippen molar-refractivity contribution in [2.45, 2.75) is 26.7 Å². The SMILES string of the molecule is CCCCN1C=CC=C(C)C1.Cl. The summed E-state index contributed by atoms with van der Waals surface area (Å²) in [7, 11) is 0. The third-order valence-corrected chi connectivity index (χ3v) is 1.93. The summed E-state index contributed by atoms with van der Waals surface area (Å²) in [6.45, 7) is 6.74. The molecule has 0 radical (unpaired) electrons. The molecule has 0 N–H and O–H groups in total. The van der Waals surface area contributed by atoms with Crippen molar-refractivity contribution in [3.63, 3.8) is 0 Å². The lowest BCUT2D eigenvalue weighted by molar-refractivity contribution is 0.392. The van der Waals surface area contributed by atoms with Gasteiger partial charge in [0.25, 0.3) is 0 Å². The zero-order chi connectivity index (χ0) is 8.10. The van der Waals surface area contributed by atoms with Crippen LogP contribution in [-0.2, 0) is 0 Å². The van der Waals surface area contributed by atoms with Crippen molar-refractivity contribution >= 4 is 12.4 Å². The summed E-state index contributed by atoms with van der Waals surface area (Å²) >= 11 is 0. The summed E-state index contributed by atoms with van der Waals surface area (Å²) in [5, 5.41) is 0. The second-order valence-corrected chi connectivity index (χ2v) is 3.18. The van der Waals surface area contributed by atoms with E-state index in [1.807, 2.05) is 0 Å². The van der Waals surface area contributed by atoms with Crippen LogP contribution >= 0.6 is 12.4 Å². The zero-order valence-electron chi connectivity index (χ0n) is 7.92. The fourth-order valence-corrected chi connectivity index (χ4v) is 1.27. The van der Waals surface area contributed by atoms with Crippen LogP contribution in [-0.4, -0.2) is 18.0 Å². The molecular weight excluding hydrogens is 170 g/mol. The molecule has 0 aromatic carbocycles. The van der Waals surface area contributed by atoms with Gasteiger partial charge in [-0.15, -0.1) is 12.4 Å². The lowest BCUT2D eigenvalue weighted by Crippen LogP contribution is -2.22. The molecule has 0 amide bonds. The maximum absolute atomic E-state index is 2.37. The van der Waals surface area contributed by atoms with E-state index in [2.05, 4.69) is 37.1 Å². The second-order valence-electron chi connectivity index (χ2n) is 3.18. The first-order valence-corrected chi connectivity index (χ1v) is 4.41. The number of allylic oxidation sites excluding steroid dienone is 2. The summed E-state index contributed by atoms with van der Waals surface area (Å²) in [5.74, 6) is 0. The van der Waals surface area contributed by atoms with Crippen molar-refractivity contribution in [3.8, 4) is 0 Å². The standard InChI is InChI=1S/C10H17N.ClH/c1-3-4-7-11-8-5-6-10(2)9-11;/h5-6,8H,3-4,7,9H2,1-2H3;1H. The quantitative estimate of drug-likeness (QED) is 0.657. The molecule has 0 saturated heterocycles. The van der Waals surface area contributed by atoms with E-state index in [9.17, 15) is 0 Å². The summed E-state index contributed by atoms with van der Waals surface area (Å²) in [4.78, 5) is 2.37. The Morgan fingerprint density at radius 2 is 2.25 bits per heavy atom. The van der Waals surface area contributed by atoms with Crippen LogP contribution in [0.15, 0.2) is 23.9 Å². The molecule has 1 aliphatic heterocycles. The third-order valence-electron chi connectivity index (χ3n) is 1.93. The van der Waals surface area contributed by atoms with E-state index < -0.39 is 0 Å². The molecule has 1 aliphatic rings. The number of hydrogen-bond acceptors (Lipinski definition) is 1. The minimum absolute atomic E-state index is 0. The van der Waals surface area contributed by atoms with E-state index in [-0.39, 0.29) is 12.4 Å². The summed E-state index contributed by atoms with van der Waals surface area (Å²) in [6.07, 6.45) is 9.09. The van der Waals surface area contributed by atoms with Gasteiger partial charge >= 0.3 is 0 Å². The van der Waals surface area contributed by atoms with Gasteiger partial charge in [-0.3, -0.25) is 0 Å². The predicted octanol–water partition coefficient (Wildman–Crippen LogP) is 2.98.